The van der Waals surface area contributed by atoms with Gasteiger partial charge in [-0.3, -0.25) is 0 Å². The summed E-state index contributed by atoms with van der Waals surface area (Å²) in [6.07, 6.45) is 2.32. The first-order valence-corrected chi connectivity index (χ1v) is 8.08. The van der Waals surface area contributed by atoms with E-state index in [9.17, 15) is 0 Å². The Kier molecular flexibility index (Phi) is 6.01. The summed E-state index contributed by atoms with van der Waals surface area (Å²) in [7, 11) is 0. The molecule has 1 heteroatoms. The summed E-state index contributed by atoms with van der Waals surface area (Å²) in [5, 5.41) is 3.47. The molecular formula is C20H27N. The summed E-state index contributed by atoms with van der Waals surface area (Å²) in [5.74, 6) is 0.699. The van der Waals surface area contributed by atoms with Gasteiger partial charge in [-0.1, -0.05) is 63.2 Å². The van der Waals surface area contributed by atoms with E-state index in [0.717, 1.165) is 19.5 Å². The minimum absolute atomic E-state index is 0.699. The zero-order valence-electron chi connectivity index (χ0n) is 13.5. The Hall–Kier alpha value is -1.60. The molecule has 2 rings (SSSR count). The van der Waals surface area contributed by atoms with Gasteiger partial charge in [0.15, 0.2) is 0 Å². The van der Waals surface area contributed by atoms with Crippen LogP contribution in [0.2, 0.25) is 0 Å². The maximum Gasteiger partial charge on any atom is 0.0205 e. The highest BCUT2D eigenvalue weighted by Crippen LogP contribution is 2.22. The van der Waals surface area contributed by atoms with Crippen molar-refractivity contribution >= 4 is 0 Å². The normalized spacial score (nSPS) is 11.0. The summed E-state index contributed by atoms with van der Waals surface area (Å²) in [6, 6.07) is 17.8. The largest absolute Gasteiger partial charge is 0.313 e. The zero-order valence-corrected chi connectivity index (χ0v) is 13.5. The Labute approximate surface area is 129 Å². The summed E-state index contributed by atoms with van der Waals surface area (Å²) >= 11 is 0. The van der Waals surface area contributed by atoms with Crippen LogP contribution in [0.5, 0.6) is 0 Å². The van der Waals surface area contributed by atoms with Crippen LogP contribution in [-0.2, 0) is 13.0 Å². The molecule has 2 aromatic carbocycles. The molecule has 0 saturated carbocycles. The van der Waals surface area contributed by atoms with Crippen molar-refractivity contribution in [3.8, 4) is 11.1 Å². The molecule has 0 spiro atoms. The third-order valence-corrected chi connectivity index (χ3v) is 3.59. The van der Waals surface area contributed by atoms with Crippen LogP contribution in [0.25, 0.3) is 11.1 Å². The summed E-state index contributed by atoms with van der Waals surface area (Å²) in [5.41, 5.74) is 5.43. The summed E-state index contributed by atoms with van der Waals surface area (Å²) in [6.45, 7) is 8.77. The molecule has 0 fully saturated rings. The van der Waals surface area contributed by atoms with E-state index < -0.39 is 0 Å². The molecule has 2 aromatic rings. The van der Waals surface area contributed by atoms with Gasteiger partial charge >= 0.3 is 0 Å². The number of hydrogen-bond acceptors (Lipinski definition) is 1. The van der Waals surface area contributed by atoms with E-state index in [4.69, 9.17) is 0 Å². The van der Waals surface area contributed by atoms with Crippen molar-refractivity contribution < 1.29 is 0 Å². The molecule has 1 nitrogen and oxygen atoms in total. The van der Waals surface area contributed by atoms with Gasteiger partial charge in [0.1, 0.15) is 0 Å². The van der Waals surface area contributed by atoms with Gasteiger partial charge in [-0.25, -0.2) is 0 Å². The molecular weight excluding hydrogens is 254 g/mol. The SMILES string of the molecule is CCCNCc1cccc(-c2cccc(CC(C)C)c2)c1. The van der Waals surface area contributed by atoms with E-state index in [1.165, 1.54) is 28.7 Å². The van der Waals surface area contributed by atoms with Gasteiger partial charge in [-0.05, 0) is 53.6 Å². The van der Waals surface area contributed by atoms with E-state index in [2.05, 4.69) is 74.6 Å². The van der Waals surface area contributed by atoms with Crippen molar-refractivity contribution in [3.63, 3.8) is 0 Å². The fourth-order valence-corrected chi connectivity index (χ4v) is 2.62. The maximum atomic E-state index is 3.47. The molecule has 0 aliphatic heterocycles. The molecule has 0 aliphatic carbocycles. The number of nitrogens with one attached hydrogen (secondary N) is 1. The van der Waals surface area contributed by atoms with Crippen molar-refractivity contribution in [1.82, 2.24) is 5.32 Å². The Morgan fingerprint density at radius 2 is 1.52 bits per heavy atom. The topological polar surface area (TPSA) is 12.0 Å². The lowest BCUT2D eigenvalue weighted by molar-refractivity contribution is 0.647. The van der Waals surface area contributed by atoms with Crippen LogP contribution in [0.4, 0.5) is 0 Å². The zero-order chi connectivity index (χ0) is 15.1. The monoisotopic (exact) mass is 281 g/mol. The number of hydrogen-bond donors (Lipinski definition) is 1. The van der Waals surface area contributed by atoms with Crippen LogP contribution in [0.3, 0.4) is 0 Å². The van der Waals surface area contributed by atoms with Gasteiger partial charge in [-0.15, -0.1) is 0 Å². The standard InChI is InChI=1S/C20H27N/c1-4-11-21-15-18-8-6-10-20(14-18)19-9-5-7-17(13-19)12-16(2)3/h5-10,13-14,16,21H,4,11-12,15H2,1-3H3. The highest BCUT2D eigenvalue weighted by atomic mass is 14.8. The quantitative estimate of drug-likeness (QED) is 0.700. The van der Waals surface area contributed by atoms with Crippen LogP contribution >= 0.6 is 0 Å². The van der Waals surface area contributed by atoms with Gasteiger partial charge < -0.3 is 5.32 Å². The predicted molar refractivity (Wildman–Crippen MR) is 92.4 cm³/mol. The Balaban J connectivity index is 2.15. The highest BCUT2D eigenvalue weighted by molar-refractivity contribution is 5.65. The Morgan fingerprint density at radius 1 is 0.905 bits per heavy atom. The Bertz CT molecular complexity index is 557. The van der Waals surface area contributed by atoms with Crippen molar-refractivity contribution in [3.05, 3.63) is 59.7 Å². The second kappa shape index (κ2) is 7.99. The molecule has 0 bridgehead atoms. The fraction of sp³-hybridized carbons (Fsp3) is 0.400. The third-order valence-electron chi connectivity index (χ3n) is 3.59. The van der Waals surface area contributed by atoms with Crippen molar-refractivity contribution in [2.75, 3.05) is 6.54 Å². The van der Waals surface area contributed by atoms with Crippen LogP contribution < -0.4 is 5.32 Å². The summed E-state index contributed by atoms with van der Waals surface area (Å²) < 4.78 is 0. The minimum atomic E-state index is 0.699. The molecule has 112 valence electrons. The minimum Gasteiger partial charge on any atom is -0.313 e. The van der Waals surface area contributed by atoms with Crippen LogP contribution in [0.15, 0.2) is 48.5 Å². The number of rotatable bonds is 7. The molecule has 0 atom stereocenters. The van der Waals surface area contributed by atoms with Gasteiger partial charge in [-0.2, -0.15) is 0 Å². The molecule has 0 unspecified atom stereocenters. The first-order valence-electron chi connectivity index (χ1n) is 8.08. The molecule has 0 amide bonds. The molecule has 0 aromatic heterocycles. The van der Waals surface area contributed by atoms with Crippen molar-refractivity contribution in [2.45, 2.75) is 40.2 Å². The molecule has 1 N–H and O–H groups in total. The van der Waals surface area contributed by atoms with E-state index in [0.29, 0.717) is 5.92 Å². The Morgan fingerprint density at radius 3 is 2.14 bits per heavy atom. The lowest BCUT2D eigenvalue weighted by Gasteiger charge is -2.09. The van der Waals surface area contributed by atoms with Gasteiger partial charge in [0.05, 0.1) is 0 Å². The van der Waals surface area contributed by atoms with E-state index in [1.807, 2.05) is 0 Å². The maximum absolute atomic E-state index is 3.47. The molecule has 0 heterocycles. The smallest absolute Gasteiger partial charge is 0.0205 e. The molecule has 0 radical (unpaired) electrons. The average molecular weight is 281 g/mol. The summed E-state index contributed by atoms with van der Waals surface area (Å²) in [4.78, 5) is 0. The van der Waals surface area contributed by atoms with Crippen LogP contribution in [0.1, 0.15) is 38.3 Å². The highest BCUT2D eigenvalue weighted by Gasteiger charge is 2.02. The van der Waals surface area contributed by atoms with Gasteiger partial charge in [0.25, 0.3) is 0 Å². The van der Waals surface area contributed by atoms with Gasteiger partial charge in [0, 0.05) is 6.54 Å². The molecule has 21 heavy (non-hydrogen) atoms. The van der Waals surface area contributed by atoms with Crippen molar-refractivity contribution in [1.29, 1.82) is 0 Å². The third kappa shape index (κ3) is 5.02. The lowest BCUT2D eigenvalue weighted by Crippen LogP contribution is -2.13. The van der Waals surface area contributed by atoms with Crippen LogP contribution in [0, 0.1) is 5.92 Å². The molecule has 0 saturated heterocycles. The van der Waals surface area contributed by atoms with E-state index >= 15 is 0 Å². The second-order valence-corrected chi connectivity index (χ2v) is 6.18. The van der Waals surface area contributed by atoms with E-state index in [1.54, 1.807) is 0 Å². The fourth-order valence-electron chi connectivity index (χ4n) is 2.62. The second-order valence-electron chi connectivity index (χ2n) is 6.18. The van der Waals surface area contributed by atoms with Crippen molar-refractivity contribution in [2.24, 2.45) is 5.92 Å². The predicted octanol–water partition coefficient (Wildman–Crippen LogP) is 5.05. The number of benzene rings is 2. The first kappa shape index (κ1) is 15.8. The van der Waals surface area contributed by atoms with Crippen LogP contribution in [-0.4, -0.2) is 6.54 Å². The molecule has 0 aliphatic rings. The average Bonchev–Trinajstić information content (AvgIpc) is 2.47. The first-order chi connectivity index (χ1) is 10.2. The van der Waals surface area contributed by atoms with Gasteiger partial charge in [0.2, 0.25) is 0 Å². The van der Waals surface area contributed by atoms with E-state index in [-0.39, 0.29) is 0 Å². The lowest BCUT2D eigenvalue weighted by atomic mass is 9.97.